The first-order chi connectivity index (χ1) is 18.0. The third kappa shape index (κ3) is 9.04. The van der Waals surface area contributed by atoms with E-state index >= 15 is 0 Å². The van der Waals surface area contributed by atoms with Crippen LogP contribution in [-0.4, -0.2) is 44.1 Å². The number of nitrogens with one attached hydrogen (secondary N) is 2. The molecule has 38 heavy (non-hydrogen) atoms. The van der Waals surface area contributed by atoms with Crippen LogP contribution < -0.4 is 16.7 Å². The van der Waals surface area contributed by atoms with Gasteiger partial charge in [-0.3, -0.25) is 15.0 Å². The minimum atomic E-state index is -3.91. The molecule has 1 aliphatic rings. The molecule has 4 atom stereocenters. The van der Waals surface area contributed by atoms with Crippen molar-refractivity contribution in [3.8, 4) is 0 Å². The summed E-state index contributed by atoms with van der Waals surface area (Å²) in [4.78, 5) is 32.1. The van der Waals surface area contributed by atoms with E-state index < -0.39 is 44.5 Å². The monoisotopic (exact) mass is 549 g/mol. The van der Waals surface area contributed by atoms with Crippen molar-refractivity contribution < 1.29 is 27.6 Å². The molecule has 0 aliphatic carbocycles. The van der Waals surface area contributed by atoms with Gasteiger partial charge in [-0.1, -0.05) is 61.4 Å². The number of sulfone groups is 1. The van der Waals surface area contributed by atoms with Crippen LogP contribution in [0.1, 0.15) is 70.8 Å². The summed E-state index contributed by atoms with van der Waals surface area (Å²) in [6.07, 6.45) is 7.90. The van der Waals surface area contributed by atoms with Gasteiger partial charge < -0.3 is 4.74 Å². The number of hydroxylamine groups is 1. The number of hydrazine groups is 1. The number of amides is 2. The highest BCUT2D eigenvalue weighted by atomic mass is 32.2. The Bertz CT molecular complexity index is 1050. The zero-order chi connectivity index (χ0) is 28.2. The molecule has 1 saturated heterocycles. The molecule has 0 bridgehead atoms. The molecular weight excluding hydrogens is 506 g/mol. The van der Waals surface area contributed by atoms with Gasteiger partial charge in [0.05, 0.1) is 0 Å². The maximum atomic E-state index is 13.6. The highest BCUT2D eigenvalue weighted by molar-refractivity contribution is 7.92. The number of ether oxygens (including phenoxy) is 1. The van der Waals surface area contributed by atoms with E-state index in [0.717, 1.165) is 30.2 Å². The summed E-state index contributed by atoms with van der Waals surface area (Å²) < 4.78 is 30.0. The van der Waals surface area contributed by atoms with Crippen molar-refractivity contribution in [1.29, 1.82) is 0 Å². The fourth-order valence-corrected chi connectivity index (χ4v) is 6.50. The van der Waals surface area contributed by atoms with Crippen molar-refractivity contribution in [2.45, 2.75) is 76.3 Å². The molecule has 2 rings (SSSR count). The van der Waals surface area contributed by atoms with Crippen LogP contribution in [-0.2, 0) is 29.0 Å². The molecule has 4 N–H and O–H groups in total. The first-order valence-electron chi connectivity index (χ1n) is 13.2. The van der Waals surface area contributed by atoms with Crippen LogP contribution in [0.15, 0.2) is 48.6 Å². The van der Waals surface area contributed by atoms with Crippen LogP contribution in [0.25, 0.3) is 6.08 Å². The van der Waals surface area contributed by atoms with Crippen molar-refractivity contribution in [3.63, 3.8) is 0 Å². The highest BCUT2D eigenvalue weighted by Crippen LogP contribution is 2.38. The number of carbonyl (C=O) groups excluding carboxylic acids is 2. The van der Waals surface area contributed by atoms with Gasteiger partial charge in [0.15, 0.2) is 20.9 Å². The fourth-order valence-electron chi connectivity index (χ4n) is 5.01. The maximum absolute atomic E-state index is 13.6. The third-order valence-electron chi connectivity index (χ3n) is 6.95. The summed E-state index contributed by atoms with van der Waals surface area (Å²) in [5.74, 6) is 3.03. The number of nitrogens with two attached hydrogens (primary N) is 1. The smallest absolute Gasteiger partial charge is 0.255 e. The molecule has 0 aromatic heterocycles. The zero-order valence-corrected chi connectivity index (χ0v) is 23.6. The quantitative estimate of drug-likeness (QED) is 0.131. The number of carbonyl (C=O) groups is 2. The summed E-state index contributed by atoms with van der Waals surface area (Å²) in [7, 11) is -3.91. The predicted molar refractivity (Wildman–Crippen MR) is 149 cm³/mol. The normalized spacial score (nSPS) is 19.3. The molecule has 1 aromatic carbocycles. The summed E-state index contributed by atoms with van der Waals surface area (Å²) in [6.45, 7) is 8.20. The van der Waals surface area contributed by atoms with E-state index in [1.807, 2.05) is 56.3 Å². The summed E-state index contributed by atoms with van der Waals surface area (Å²) in [5, 5.41) is 0. The average molecular weight is 550 g/mol. The Hall–Kier alpha value is -2.53. The standard InChI is InChI=1S/C28H43N3O6S/c1-5-17-28(27(33)30-29,38(4,34)35)20-23(19-21(2)3)24(15-11-14-22-12-7-6-8-13-22)26(32)31-37-25-16-9-10-18-36-25/h6-8,11-14,23-25H,2,5,9-10,15-20,29H2,1,3-4H3,(H,30,33)(H,31,32)/b14-11+/t23-,24+,25?,28?/m1/s1. The van der Waals surface area contributed by atoms with Crippen molar-refractivity contribution in [3.05, 3.63) is 54.1 Å². The van der Waals surface area contributed by atoms with E-state index in [-0.39, 0.29) is 12.8 Å². The van der Waals surface area contributed by atoms with E-state index in [9.17, 15) is 18.0 Å². The summed E-state index contributed by atoms with van der Waals surface area (Å²) >= 11 is 0. The SMILES string of the molecule is C=C(C)C[C@H](CC(CCC)(C(=O)NN)S(C)(=O)=O)[C@H](C/C=C/c1ccccc1)C(=O)NOC1CCCCO1. The fraction of sp³-hybridized carbons (Fsp3) is 0.571. The molecule has 2 unspecified atom stereocenters. The van der Waals surface area contributed by atoms with Gasteiger partial charge in [0, 0.05) is 25.2 Å². The van der Waals surface area contributed by atoms with Gasteiger partial charge >= 0.3 is 0 Å². The topological polar surface area (TPSA) is 137 Å². The second-order valence-electron chi connectivity index (χ2n) is 10.2. The lowest BCUT2D eigenvalue weighted by Gasteiger charge is -2.36. The molecule has 0 radical (unpaired) electrons. The maximum Gasteiger partial charge on any atom is 0.255 e. The molecule has 1 aromatic rings. The molecule has 1 fully saturated rings. The molecule has 2 amide bonds. The van der Waals surface area contributed by atoms with E-state index in [1.165, 1.54) is 0 Å². The van der Waals surface area contributed by atoms with E-state index in [0.29, 0.717) is 32.3 Å². The van der Waals surface area contributed by atoms with Crippen molar-refractivity contribution >= 4 is 27.7 Å². The Balaban J connectivity index is 2.43. The second-order valence-corrected chi connectivity index (χ2v) is 12.5. The van der Waals surface area contributed by atoms with Crippen LogP contribution in [0.2, 0.25) is 0 Å². The molecule has 1 aliphatic heterocycles. The first-order valence-corrected chi connectivity index (χ1v) is 15.1. The number of rotatable bonds is 15. The lowest BCUT2D eigenvalue weighted by atomic mass is 9.77. The van der Waals surface area contributed by atoms with Gasteiger partial charge in [0.2, 0.25) is 5.91 Å². The molecule has 212 valence electrons. The van der Waals surface area contributed by atoms with Gasteiger partial charge in [-0.2, -0.15) is 0 Å². The minimum Gasteiger partial charge on any atom is -0.350 e. The molecule has 10 heteroatoms. The van der Waals surface area contributed by atoms with Gasteiger partial charge in [-0.15, -0.1) is 6.58 Å². The molecule has 9 nitrogen and oxygen atoms in total. The van der Waals surface area contributed by atoms with Gasteiger partial charge in [-0.25, -0.2) is 24.6 Å². The number of benzene rings is 1. The highest BCUT2D eigenvalue weighted by Gasteiger charge is 2.50. The number of allylic oxidation sites excluding steroid dienone is 2. The van der Waals surface area contributed by atoms with Crippen LogP contribution in [0, 0.1) is 11.8 Å². The molecule has 1 heterocycles. The number of hydrogen-bond acceptors (Lipinski definition) is 7. The lowest BCUT2D eigenvalue weighted by Crippen LogP contribution is -2.56. The Morgan fingerprint density at radius 3 is 2.55 bits per heavy atom. The molecule has 0 saturated carbocycles. The van der Waals surface area contributed by atoms with Crippen molar-refractivity contribution in [2.75, 3.05) is 12.9 Å². The largest absolute Gasteiger partial charge is 0.350 e. The third-order valence-corrected chi connectivity index (χ3v) is 8.92. The Morgan fingerprint density at radius 1 is 1.29 bits per heavy atom. The molecule has 0 spiro atoms. The average Bonchev–Trinajstić information content (AvgIpc) is 2.88. The summed E-state index contributed by atoms with van der Waals surface area (Å²) in [6, 6.07) is 9.65. The minimum absolute atomic E-state index is 0.0716. The van der Waals surface area contributed by atoms with Crippen molar-refractivity contribution in [2.24, 2.45) is 17.7 Å². The Kier molecular flexibility index (Phi) is 12.6. The van der Waals surface area contributed by atoms with Gasteiger partial charge in [0.1, 0.15) is 0 Å². The van der Waals surface area contributed by atoms with Gasteiger partial charge in [0.25, 0.3) is 5.91 Å². The van der Waals surface area contributed by atoms with E-state index in [2.05, 4.69) is 17.5 Å². The van der Waals surface area contributed by atoms with Crippen LogP contribution in [0.4, 0.5) is 0 Å². The van der Waals surface area contributed by atoms with E-state index in [1.54, 1.807) is 0 Å². The molecular formula is C28H43N3O6S. The van der Waals surface area contributed by atoms with Crippen LogP contribution >= 0.6 is 0 Å². The lowest BCUT2D eigenvalue weighted by molar-refractivity contribution is -0.202. The Morgan fingerprint density at radius 2 is 2.00 bits per heavy atom. The van der Waals surface area contributed by atoms with Crippen molar-refractivity contribution in [1.82, 2.24) is 10.9 Å². The zero-order valence-electron chi connectivity index (χ0n) is 22.8. The van der Waals surface area contributed by atoms with E-state index in [4.69, 9.17) is 15.4 Å². The number of hydrogen-bond donors (Lipinski definition) is 3. The Labute approximate surface area is 227 Å². The van der Waals surface area contributed by atoms with Crippen LogP contribution in [0.3, 0.4) is 0 Å². The summed E-state index contributed by atoms with van der Waals surface area (Å²) in [5.41, 5.74) is 6.35. The van der Waals surface area contributed by atoms with Crippen LogP contribution in [0.5, 0.6) is 0 Å². The predicted octanol–water partition coefficient (Wildman–Crippen LogP) is 3.83. The van der Waals surface area contributed by atoms with Gasteiger partial charge in [-0.05, 0) is 56.9 Å². The first kappa shape index (κ1) is 31.7. The second kappa shape index (κ2) is 15.2.